The SMILES string of the molecule is CCCC1CN(Cc2ccc3c(c2)Nc2nccnc2S3)CCC1CO. The van der Waals surface area contributed by atoms with Crippen molar-refractivity contribution < 1.29 is 5.11 Å². The summed E-state index contributed by atoms with van der Waals surface area (Å²) >= 11 is 1.67. The summed E-state index contributed by atoms with van der Waals surface area (Å²) in [5.74, 6) is 1.93. The Bertz CT molecular complexity index is 769. The van der Waals surface area contributed by atoms with Crippen molar-refractivity contribution in [1.29, 1.82) is 0 Å². The number of aliphatic hydroxyl groups excluding tert-OH is 1. The standard InChI is InChI=1S/C20H26N4OS/c1-2-3-15-12-24(9-6-16(15)13-25)11-14-4-5-18-17(10-14)23-19-20(26-18)22-8-7-21-19/h4-5,7-8,10,15-16,25H,2-3,6,9,11-13H2,1H3,(H,21,23). The highest BCUT2D eigenvalue weighted by atomic mass is 32.2. The second kappa shape index (κ2) is 7.94. The quantitative estimate of drug-likeness (QED) is 0.710. The maximum Gasteiger partial charge on any atom is 0.163 e. The van der Waals surface area contributed by atoms with Crippen LogP contribution >= 0.6 is 11.8 Å². The first kappa shape index (κ1) is 17.8. The van der Waals surface area contributed by atoms with Gasteiger partial charge in [-0.25, -0.2) is 9.97 Å². The Morgan fingerprint density at radius 3 is 3.00 bits per heavy atom. The van der Waals surface area contributed by atoms with Gasteiger partial charge in [-0.15, -0.1) is 0 Å². The van der Waals surface area contributed by atoms with Gasteiger partial charge in [0.1, 0.15) is 5.03 Å². The molecule has 3 heterocycles. The van der Waals surface area contributed by atoms with Crippen LogP contribution < -0.4 is 5.32 Å². The molecule has 2 N–H and O–H groups in total. The third kappa shape index (κ3) is 3.72. The minimum absolute atomic E-state index is 0.332. The molecule has 26 heavy (non-hydrogen) atoms. The molecular weight excluding hydrogens is 344 g/mol. The van der Waals surface area contributed by atoms with Gasteiger partial charge >= 0.3 is 0 Å². The lowest BCUT2D eigenvalue weighted by molar-refractivity contribution is 0.0668. The molecule has 0 radical (unpaired) electrons. The fraction of sp³-hybridized carbons (Fsp3) is 0.500. The number of nitrogens with one attached hydrogen (secondary N) is 1. The Labute approximate surface area is 159 Å². The van der Waals surface area contributed by atoms with Crippen LogP contribution in [0.5, 0.6) is 0 Å². The van der Waals surface area contributed by atoms with Gasteiger partial charge in [0.2, 0.25) is 0 Å². The average molecular weight is 371 g/mol. The van der Waals surface area contributed by atoms with Gasteiger partial charge in [-0.3, -0.25) is 4.90 Å². The number of aromatic nitrogens is 2. The van der Waals surface area contributed by atoms with Gasteiger partial charge in [-0.1, -0.05) is 31.2 Å². The van der Waals surface area contributed by atoms with Crippen molar-refractivity contribution in [2.24, 2.45) is 11.8 Å². The monoisotopic (exact) mass is 370 g/mol. The highest BCUT2D eigenvalue weighted by molar-refractivity contribution is 7.99. The molecule has 1 fully saturated rings. The Morgan fingerprint density at radius 2 is 2.15 bits per heavy atom. The lowest BCUT2D eigenvalue weighted by atomic mass is 9.83. The van der Waals surface area contributed by atoms with Gasteiger partial charge in [0.05, 0.1) is 5.69 Å². The Balaban J connectivity index is 1.45. The summed E-state index contributed by atoms with van der Waals surface area (Å²) in [6.45, 7) is 5.69. The first-order valence-electron chi connectivity index (χ1n) is 9.49. The van der Waals surface area contributed by atoms with Crippen LogP contribution in [-0.2, 0) is 6.54 Å². The number of nitrogens with zero attached hydrogens (tertiary/aromatic N) is 3. The molecule has 0 amide bonds. The molecular formula is C20H26N4OS. The summed E-state index contributed by atoms with van der Waals surface area (Å²) in [7, 11) is 0. The Morgan fingerprint density at radius 1 is 1.27 bits per heavy atom. The minimum atomic E-state index is 0.332. The van der Waals surface area contributed by atoms with E-state index in [-0.39, 0.29) is 0 Å². The number of likely N-dealkylation sites (tertiary alicyclic amines) is 1. The number of hydrogen-bond donors (Lipinski definition) is 2. The van der Waals surface area contributed by atoms with E-state index in [1.54, 1.807) is 24.2 Å². The first-order chi connectivity index (χ1) is 12.8. The van der Waals surface area contributed by atoms with Crippen LogP contribution in [0, 0.1) is 11.8 Å². The lowest BCUT2D eigenvalue weighted by Gasteiger charge is -2.38. The first-order valence-corrected chi connectivity index (χ1v) is 10.3. The van der Waals surface area contributed by atoms with E-state index < -0.39 is 0 Å². The molecule has 2 aromatic rings. The zero-order chi connectivity index (χ0) is 17.9. The van der Waals surface area contributed by atoms with Gasteiger partial charge in [0.25, 0.3) is 0 Å². The molecule has 0 aliphatic carbocycles. The average Bonchev–Trinajstić information content (AvgIpc) is 2.67. The Kier molecular flexibility index (Phi) is 5.43. The molecule has 1 saturated heterocycles. The van der Waals surface area contributed by atoms with Crippen LogP contribution in [-0.4, -0.2) is 39.7 Å². The summed E-state index contributed by atoms with van der Waals surface area (Å²) in [4.78, 5) is 12.5. The number of aliphatic hydroxyl groups is 1. The van der Waals surface area contributed by atoms with E-state index in [2.05, 4.69) is 45.3 Å². The van der Waals surface area contributed by atoms with Crippen molar-refractivity contribution >= 4 is 23.3 Å². The zero-order valence-corrected chi connectivity index (χ0v) is 16.0. The van der Waals surface area contributed by atoms with Gasteiger partial charge < -0.3 is 10.4 Å². The fourth-order valence-electron chi connectivity index (χ4n) is 4.08. The van der Waals surface area contributed by atoms with E-state index in [1.807, 2.05) is 0 Å². The largest absolute Gasteiger partial charge is 0.396 e. The summed E-state index contributed by atoms with van der Waals surface area (Å²) in [6, 6.07) is 6.65. The molecule has 2 aliphatic heterocycles. The second-order valence-corrected chi connectivity index (χ2v) is 8.31. The van der Waals surface area contributed by atoms with Crippen molar-refractivity contribution in [3.05, 3.63) is 36.2 Å². The normalized spacial score (nSPS) is 22.4. The molecule has 2 atom stereocenters. The highest BCUT2D eigenvalue weighted by Gasteiger charge is 2.28. The topological polar surface area (TPSA) is 61.3 Å². The lowest BCUT2D eigenvalue weighted by Crippen LogP contribution is -2.41. The summed E-state index contributed by atoms with van der Waals surface area (Å²) in [6.07, 6.45) is 6.95. The van der Waals surface area contributed by atoms with Crippen molar-refractivity contribution in [3.63, 3.8) is 0 Å². The maximum atomic E-state index is 9.64. The summed E-state index contributed by atoms with van der Waals surface area (Å²) in [5.41, 5.74) is 2.44. The third-order valence-electron chi connectivity index (χ3n) is 5.44. The molecule has 1 aromatic carbocycles. The summed E-state index contributed by atoms with van der Waals surface area (Å²) < 4.78 is 0. The molecule has 6 heteroatoms. The molecule has 138 valence electrons. The molecule has 4 rings (SSSR count). The van der Waals surface area contributed by atoms with Gasteiger partial charge in [-0.05, 0) is 48.9 Å². The second-order valence-electron chi connectivity index (χ2n) is 7.28. The van der Waals surface area contributed by atoms with Crippen LogP contribution in [0.25, 0.3) is 0 Å². The van der Waals surface area contributed by atoms with E-state index in [0.717, 1.165) is 42.6 Å². The fourth-order valence-corrected chi connectivity index (χ4v) is 4.95. The predicted molar refractivity (Wildman–Crippen MR) is 105 cm³/mol. The molecule has 1 aromatic heterocycles. The number of benzene rings is 1. The highest BCUT2D eigenvalue weighted by Crippen LogP contribution is 2.42. The van der Waals surface area contributed by atoms with Gasteiger partial charge in [0.15, 0.2) is 5.82 Å². The van der Waals surface area contributed by atoms with E-state index >= 15 is 0 Å². The smallest absolute Gasteiger partial charge is 0.163 e. The van der Waals surface area contributed by atoms with Crippen LogP contribution in [0.3, 0.4) is 0 Å². The predicted octanol–water partition coefficient (Wildman–Crippen LogP) is 3.92. The van der Waals surface area contributed by atoms with Crippen molar-refractivity contribution in [2.45, 2.75) is 42.7 Å². The van der Waals surface area contributed by atoms with E-state index in [0.29, 0.717) is 18.4 Å². The molecule has 0 spiro atoms. The summed E-state index contributed by atoms with van der Waals surface area (Å²) in [5, 5.41) is 14.0. The number of hydrogen-bond acceptors (Lipinski definition) is 6. The van der Waals surface area contributed by atoms with E-state index in [4.69, 9.17) is 0 Å². The molecule has 5 nitrogen and oxygen atoms in total. The third-order valence-corrected chi connectivity index (χ3v) is 6.51. The minimum Gasteiger partial charge on any atom is -0.396 e. The van der Waals surface area contributed by atoms with E-state index in [9.17, 15) is 5.11 Å². The zero-order valence-electron chi connectivity index (χ0n) is 15.2. The van der Waals surface area contributed by atoms with Crippen molar-refractivity contribution in [3.8, 4) is 0 Å². The number of rotatable bonds is 5. The Hall–Kier alpha value is -1.63. The van der Waals surface area contributed by atoms with Crippen molar-refractivity contribution in [2.75, 3.05) is 25.0 Å². The molecule has 2 aliphatic rings. The number of piperidine rings is 1. The van der Waals surface area contributed by atoms with Crippen LogP contribution in [0.4, 0.5) is 11.5 Å². The number of anilines is 2. The number of fused-ring (bicyclic) bond motifs is 2. The van der Waals surface area contributed by atoms with Crippen LogP contribution in [0.1, 0.15) is 31.7 Å². The van der Waals surface area contributed by atoms with E-state index in [1.165, 1.54) is 23.3 Å². The molecule has 0 saturated carbocycles. The maximum absolute atomic E-state index is 9.64. The van der Waals surface area contributed by atoms with Crippen molar-refractivity contribution in [1.82, 2.24) is 14.9 Å². The molecule has 2 unspecified atom stereocenters. The van der Waals surface area contributed by atoms with Gasteiger partial charge in [-0.2, -0.15) is 0 Å². The van der Waals surface area contributed by atoms with Crippen LogP contribution in [0.15, 0.2) is 40.5 Å². The van der Waals surface area contributed by atoms with Crippen LogP contribution in [0.2, 0.25) is 0 Å². The van der Waals surface area contributed by atoms with Gasteiger partial charge in [0, 0.05) is 37.0 Å². The molecule has 0 bridgehead atoms.